The van der Waals surface area contributed by atoms with E-state index in [1.807, 2.05) is 6.26 Å². The van der Waals surface area contributed by atoms with Gasteiger partial charge in [0.1, 0.15) is 0 Å². The summed E-state index contributed by atoms with van der Waals surface area (Å²) >= 11 is 0. The minimum atomic E-state index is 0.561. The Morgan fingerprint density at radius 1 is 1.36 bits per heavy atom. The molecule has 0 unspecified atom stereocenters. The number of carbonyl (C=O) groups excluding carboxylic acids is 1. The maximum absolute atomic E-state index is 9.73. The fourth-order valence-electron chi connectivity index (χ4n) is 1.02. The molecule has 0 bridgehead atoms. The van der Waals surface area contributed by atoms with E-state index >= 15 is 0 Å². The molecule has 0 aliphatic carbocycles. The average molecular weight is 197 g/mol. The monoisotopic (exact) mass is 197 g/mol. The van der Waals surface area contributed by atoms with Crippen LogP contribution in [-0.2, 0) is 9.53 Å². The minimum Gasteiger partial charge on any atom is -0.501 e. The summed E-state index contributed by atoms with van der Waals surface area (Å²) in [6, 6.07) is 0. The van der Waals surface area contributed by atoms with Crippen LogP contribution >= 0.6 is 0 Å². The number of unbranched alkanes of at least 4 members (excludes halogenated alkanes) is 1. The molecule has 0 fully saturated rings. The predicted octanol–water partition coefficient (Wildman–Crippen LogP) is 2.82. The molecule has 0 radical (unpaired) electrons. The van der Waals surface area contributed by atoms with E-state index in [9.17, 15) is 4.79 Å². The second-order valence-electron chi connectivity index (χ2n) is 3.03. The molecule has 0 atom stereocenters. The molecule has 14 heavy (non-hydrogen) atoms. The second-order valence-corrected chi connectivity index (χ2v) is 3.03. The van der Waals surface area contributed by atoms with Crippen LogP contribution in [0.15, 0.2) is 16.8 Å². The third-order valence-corrected chi connectivity index (χ3v) is 2.00. The molecule has 0 amide bonds. The quantitative estimate of drug-likeness (QED) is 0.260. The maximum atomic E-state index is 9.73. The van der Waals surface area contributed by atoms with Crippen LogP contribution in [0.4, 0.5) is 0 Å². The van der Waals surface area contributed by atoms with Gasteiger partial charge in [-0.2, -0.15) is 0 Å². The van der Waals surface area contributed by atoms with Gasteiger partial charge in [-0.3, -0.25) is 0 Å². The number of allylic oxidation sites excluding steroid dienone is 1. The first-order valence-corrected chi connectivity index (χ1v) is 5.18. The first kappa shape index (κ1) is 12.9. The van der Waals surface area contributed by atoms with Gasteiger partial charge in [0.25, 0.3) is 0 Å². The van der Waals surface area contributed by atoms with Gasteiger partial charge in [0.05, 0.1) is 19.4 Å². The van der Waals surface area contributed by atoms with Gasteiger partial charge in [-0.25, -0.2) is 9.79 Å². The molecule has 0 saturated carbocycles. The molecule has 0 aromatic rings. The lowest BCUT2D eigenvalue weighted by atomic mass is 10.2. The van der Waals surface area contributed by atoms with Crippen LogP contribution in [0.5, 0.6) is 0 Å². The second kappa shape index (κ2) is 10.0. The molecule has 3 heteroatoms. The Kier molecular flexibility index (Phi) is 9.23. The van der Waals surface area contributed by atoms with E-state index in [0.29, 0.717) is 13.2 Å². The number of hydrogen-bond donors (Lipinski definition) is 0. The van der Waals surface area contributed by atoms with Crippen LogP contribution < -0.4 is 0 Å². The summed E-state index contributed by atoms with van der Waals surface area (Å²) in [6.45, 7) is 5.51. The summed E-state index contributed by atoms with van der Waals surface area (Å²) in [6.07, 6.45) is 7.28. The van der Waals surface area contributed by atoms with Crippen molar-refractivity contribution in [3.8, 4) is 0 Å². The average Bonchev–Trinajstić information content (AvgIpc) is 2.22. The lowest BCUT2D eigenvalue weighted by Gasteiger charge is -2.02. The molecule has 0 aliphatic rings. The van der Waals surface area contributed by atoms with Crippen molar-refractivity contribution < 1.29 is 9.53 Å². The van der Waals surface area contributed by atoms with Crippen molar-refractivity contribution in [3.05, 3.63) is 11.8 Å². The summed E-state index contributed by atoms with van der Waals surface area (Å²) in [7, 11) is 0. The Labute approximate surface area is 85.9 Å². The van der Waals surface area contributed by atoms with Crippen molar-refractivity contribution in [1.82, 2.24) is 0 Å². The van der Waals surface area contributed by atoms with E-state index in [1.165, 1.54) is 11.7 Å². The zero-order chi connectivity index (χ0) is 10.6. The van der Waals surface area contributed by atoms with E-state index in [1.54, 1.807) is 0 Å². The highest BCUT2D eigenvalue weighted by atomic mass is 16.5. The van der Waals surface area contributed by atoms with Crippen molar-refractivity contribution in [1.29, 1.82) is 0 Å². The van der Waals surface area contributed by atoms with Gasteiger partial charge in [0, 0.05) is 0 Å². The van der Waals surface area contributed by atoms with Gasteiger partial charge >= 0.3 is 0 Å². The smallest absolute Gasteiger partial charge is 0.234 e. The molecular weight excluding hydrogens is 178 g/mol. The summed E-state index contributed by atoms with van der Waals surface area (Å²) in [5.74, 6) is 0. The minimum absolute atomic E-state index is 0.561. The van der Waals surface area contributed by atoms with E-state index in [4.69, 9.17) is 4.74 Å². The predicted molar refractivity (Wildman–Crippen MR) is 56.8 cm³/mol. The molecular formula is C11H19NO2. The molecule has 0 aliphatic heterocycles. The van der Waals surface area contributed by atoms with Gasteiger partial charge in [0.2, 0.25) is 6.08 Å². The fraction of sp³-hybridized carbons (Fsp3) is 0.727. The molecule has 0 N–H and O–H groups in total. The van der Waals surface area contributed by atoms with Crippen molar-refractivity contribution in [3.63, 3.8) is 0 Å². The van der Waals surface area contributed by atoms with Crippen molar-refractivity contribution in [2.75, 3.05) is 13.2 Å². The summed E-state index contributed by atoms with van der Waals surface area (Å²) < 4.78 is 5.36. The van der Waals surface area contributed by atoms with Crippen LogP contribution in [-0.4, -0.2) is 19.2 Å². The Bertz CT molecular complexity index is 199. The van der Waals surface area contributed by atoms with E-state index in [0.717, 1.165) is 25.7 Å². The van der Waals surface area contributed by atoms with Gasteiger partial charge in [-0.15, -0.1) is 0 Å². The van der Waals surface area contributed by atoms with Crippen molar-refractivity contribution in [2.24, 2.45) is 4.99 Å². The van der Waals surface area contributed by atoms with Crippen LogP contribution in [0.3, 0.4) is 0 Å². The Hall–Kier alpha value is -1.08. The number of ether oxygens (including phenoxy) is 1. The van der Waals surface area contributed by atoms with Crippen LogP contribution in [0.25, 0.3) is 0 Å². The van der Waals surface area contributed by atoms with Gasteiger partial charge in [-0.05, 0) is 31.3 Å². The number of hydrogen-bond acceptors (Lipinski definition) is 3. The number of isocyanates is 1. The molecule has 0 spiro atoms. The van der Waals surface area contributed by atoms with Gasteiger partial charge < -0.3 is 4.74 Å². The maximum Gasteiger partial charge on any atom is 0.234 e. The normalized spacial score (nSPS) is 9.00. The molecule has 0 aromatic heterocycles. The van der Waals surface area contributed by atoms with Gasteiger partial charge in [0.15, 0.2) is 0 Å². The van der Waals surface area contributed by atoms with Crippen molar-refractivity contribution >= 4 is 6.08 Å². The Morgan fingerprint density at radius 3 is 2.64 bits per heavy atom. The highest BCUT2D eigenvalue weighted by molar-refractivity contribution is 5.32. The van der Waals surface area contributed by atoms with E-state index in [2.05, 4.69) is 18.8 Å². The summed E-state index contributed by atoms with van der Waals surface area (Å²) in [5.41, 5.74) is 1.33. The zero-order valence-corrected chi connectivity index (χ0v) is 9.08. The highest BCUT2D eigenvalue weighted by Gasteiger charge is 1.90. The van der Waals surface area contributed by atoms with E-state index < -0.39 is 0 Å². The first-order valence-electron chi connectivity index (χ1n) is 5.18. The summed E-state index contributed by atoms with van der Waals surface area (Å²) in [5, 5.41) is 0. The number of nitrogens with zero attached hydrogens (tertiary/aromatic N) is 1. The SMILES string of the molecule is CCC(=COCCCCN=C=O)CC. The van der Waals surface area contributed by atoms with Crippen LogP contribution in [0.1, 0.15) is 39.5 Å². The number of aliphatic imine (C=N–C) groups is 1. The Morgan fingerprint density at radius 2 is 2.07 bits per heavy atom. The first-order chi connectivity index (χ1) is 6.85. The van der Waals surface area contributed by atoms with Crippen LogP contribution in [0, 0.1) is 0 Å². The fourth-order valence-corrected chi connectivity index (χ4v) is 1.02. The zero-order valence-electron chi connectivity index (χ0n) is 9.08. The molecule has 0 heterocycles. The number of rotatable bonds is 8. The third-order valence-electron chi connectivity index (χ3n) is 2.00. The molecule has 80 valence electrons. The third kappa shape index (κ3) is 7.56. The molecule has 0 rings (SSSR count). The molecule has 3 nitrogen and oxygen atoms in total. The van der Waals surface area contributed by atoms with Gasteiger partial charge in [-0.1, -0.05) is 13.8 Å². The summed E-state index contributed by atoms with van der Waals surface area (Å²) in [4.78, 5) is 13.2. The van der Waals surface area contributed by atoms with E-state index in [-0.39, 0.29) is 0 Å². The molecule has 0 aromatic carbocycles. The highest BCUT2D eigenvalue weighted by Crippen LogP contribution is 2.05. The Balaban J connectivity index is 3.35. The van der Waals surface area contributed by atoms with Crippen molar-refractivity contribution in [2.45, 2.75) is 39.5 Å². The van der Waals surface area contributed by atoms with Crippen LogP contribution in [0.2, 0.25) is 0 Å². The molecule has 0 saturated heterocycles. The topological polar surface area (TPSA) is 38.7 Å². The lowest BCUT2D eigenvalue weighted by Crippen LogP contribution is -1.91. The largest absolute Gasteiger partial charge is 0.501 e. The lowest BCUT2D eigenvalue weighted by molar-refractivity contribution is 0.238. The standard InChI is InChI=1S/C11H19NO2/c1-3-11(4-2)9-14-8-6-5-7-12-10-13/h9H,3-8H2,1-2H3.